The lowest BCUT2D eigenvalue weighted by molar-refractivity contribution is 0.105. The Hall–Kier alpha value is -0.830. The second kappa shape index (κ2) is 5.21. The lowest BCUT2D eigenvalue weighted by Crippen LogP contribution is -2.26. The molecule has 17 heavy (non-hydrogen) atoms. The van der Waals surface area contributed by atoms with Gasteiger partial charge in [0, 0.05) is 0 Å². The van der Waals surface area contributed by atoms with Crippen molar-refractivity contribution < 1.29 is 19.1 Å². The molecule has 0 spiro atoms. The van der Waals surface area contributed by atoms with E-state index in [0.717, 1.165) is 6.42 Å². The van der Waals surface area contributed by atoms with Crippen LogP contribution in [0, 0.1) is 0 Å². The van der Waals surface area contributed by atoms with Crippen LogP contribution in [-0.4, -0.2) is 15.4 Å². The number of benzene rings is 1. The summed E-state index contributed by atoms with van der Waals surface area (Å²) >= 11 is 0. The third-order valence-corrected chi connectivity index (χ3v) is 3.33. The largest absolute Gasteiger partial charge is 0.488 e. The first kappa shape index (κ1) is 14.2. The van der Waals surface area contributed by atoms with Crippen LogP contribution in [0.25, 0.3) is 0 Å². The molecule has 0 bridgehead atoms. The van der Waals surface area contributed by atoms with Gasteiger partial charge in [0.05, 0.1) is 6.16 Å². The highest BCUT2D eigenvalue weighted by molar-refractivity contribution is 7.50. The van der Waals surface area contributed by atoms with E-state index in [9.17, 15) is 4.57 Å². The molecular weight excluding hydrogens is 239 g/mol. The highest BCUT2D eigenvalue weighted by Gasteiger charge is 2.17. The first-order valence-electron chi connectivity index (χ1n) is 5.54. The maximum Gasteiger partial charge on any atom is 0.329 e. The molecule has 0 aliphatic heterocycles. The van der Waals surface area contributed by atoms with E-state index in [1.165, 1.54) is 0 Å². The average Bonchev–Trinajstić information content (AvgIpc) is 2.19. The molecule has 1 aromatic carbocycles. The first-order valence-corrected chi connectivity index (χ1v) is 7.34. The van der Waals surface area contributed by atoms with E-state index in [0.29, 0.717) is 11.3 Å². The van der Waals surface area contributed by atoms with Gasteiger partial charge < -0.3 is 14.5 Å². The van der Waals surface area contributed by atoms with Crippen molar-refractivity contribution in [3.63, 3.8) is 0 Å². The quantitative estimate of drug-likeness (QED) is 0.797. The molecule has 96 valence electrons. The lowest BCUT2D eigenvalue weighted by Gasteiger charge is -2.24. The highest BCUT2D eigenvalue weighted by atomic mass is 31.2. The van der Waals surface area contributed by atoms with E-state index < -0.39 is 7.60 Å². The van der Waals surface area contributed by atoms with Crippen molar-refractivity contribution in [1.82, 2.24) is 0 Å². The summed E-state index contributed by atoms with van der Waals surface area (Å²) in [6, 6.07) is 6.84. The smallest absolute Gasteiger partial charge is 0.329 e. The monoisotopic (exact) mass is 258 g/mol. The van der Waals surface area contributed by atoms with Gasteiger partial charge in [-0.15, -0.1) is 0 Å². The maximum atomic E-state index is 10.8. The van der Waals surface area contributed by atoms with Crippen LogP contribution in [-0.2, 0) is 10.7 Å². The second-order valence-electron chi connectivity index (χ2n) is 4.68. The van der Waals surface area contributed by atoms with Crippen LogP contribution in [0.4, 0.5) is 0 Å². The standard InChI is InChI=1S/C12H19O4P/c1-4-12(2,3)16-11-7-5-10(6-8-11)9-17(13,14)15/h5-8H,4,9H2,1-3H3,(H2,13,14,15). The Morgan fingerprint density at radius 2 is 1.76 bits per heavy atom. The molecule has 0 atom stereocenters. The van der Waals surface area contributed by atoms with Gasteiger partial charge in [-0.25, -0.2) is 0 Å². The third kappa shape index (κ3) is 5.35. The Bertz CT molecular complexity index is 405. The molecule has 0 aliphatic rings. The predicted molar refractivity (Wildman–Crippen MR) is 67.2 cm³/mol. The third-order valence-electron chi connectivity index (χ3n) is 2.56. The summed E-state index contributed by atoms with van der Waals surface area (Å²) < 4.78 is 16.6. The minimum atomic E-state index is -3.99. The van der Waals surface area contributed by atoms with Crippen molar-refractivity contribution >= 4 is 7.60 Å². The van der Waals surface area contributed by atoms with Gasteiger partial charge >= 0.3 is 7.60 Å². The zero-order valence-corrected chi connectivity index (χ0v) is 11.3. The van der Waals surface area contributed by atoms with E-state index >= 15 is 0 Å². The van der Waals surface area contributed by atoms with Crippen LogP contribution in [0.3, 0.4) is 0 Å². The van der Waals surface area contributed by atoms with Crippen LogP contribution in [0.2, 0.25) is 0 Å². The summed E-state index contributed by atoms with van der Waals surface area (Å²) in [4.78, 5) is 17.7. The summed E-state index contributed by atoms with van der Waals surface area (Å²) in [5.41, 5.74) is 0.380. The fraction of sp³-hybridized carbons (Fsp3) is 0.500. The van der Waals surface area contributed by atoms with E-state index in [-0.39, 0.29) is 11.8 Å². The molecule has 2 N–H and O–H groups in total. The van der Waals surface area contributed by atoms with Crippen LogP contribution < -0.4 is 4.74 Å². The normalized spacial score (nSPS) is 12.5. The van der Waals surface area contributed by atoms with E-state index in [1.807, 2.05) is 20.8 Å². The van der Waals surface area contributed by atoms with Crippen LogP contribution in [0.5, 0.6) is 5.75 Å². The minimum absolute atomic E-state index is 0.231. The van der Waals surface area contributed by atoms with Crippen molar-refractivity contribution in [3.8, 4) is 5.75 Å². The molecular formula is C12H19O4P. The Kier molecular flexibility index (Phi) is 4.36. The van der Waals surface area contributed by atoms with Gasteiger partial charge in [-0.2, -0.15) is 0 Å². The van der Waals surface area contributed by atoms with Crippen molar-refractivity contribution in [3.05, 3.63) is 29.8 Å². The van der Waals surface area contributed by atoms with Gasteiger partial charge in [-0.1, -0.05) is 19.1 Å². The minimum Gasteiger partial charge on any atom is -0.488 e. The van der Waals surface area contributed by atoms with Gasteiger partial charge in [0.25, 0.3) is 0 Å². The SMILES string of the molecule is CCC(C)(C)Oc1ccc(CP(=O)(O)O)cc1. The Morgan fingerprint density at radius 3 is 2.18 bits per heavy atom. The summed E-state index contributed by atoms with van der Waals surface area (Å²) in [6.07, 6.45) is 0.654. The Morgan fingerprint density at radius 1 is 1.24 bits per heavy atom. The topological polar surface area (TPSA) is 66.8 Å². The Labute approximate surface area is 102 Å². The molecule has 1 rings (SSSR count). The fourth-order valence-corrected chi connectivity index (χ4v) is 1.98. The summed E-state index contributed by atoms with van der Waals surface area (Å²) in [6.45, 7) is 6.04. The molecule has 0 fully saturated rings. The molecule has 5 heteroatoms. The molecule has 1 aromatic rings. The number of ether oxygens (including phenoxy) is 1. The van der Waals surface area contributed by atoms with Crippen molar-refractivity contribution in [2.75, 3.05) is 0 Å². The van der Waals surface area contributed by atoms with Crippen molar-refractivity contribution in [2.24, 2.45) is 0 Å². The van der Waals surface area contributed by atoms with E-state index in [4.69, 9.17) is 14.5 Å². The van der Waals surface area contributed by atoms with Gasteiger partial charge in [-0.3, -0.25) is 4.57 Å². The zero-order valence-electron chi connectivity index (χ0n) is 10.4. The lowest BCUT2D eigenvalue weighted by atomic mass is 10.1. The van der Waals surface area contributed by atoms with E-state index in [2.05, 4.69) is 0 Å². The van der Waals surface area contributed by atoms with Gasteiger partial charge in [0.1, 0.15) is 11.4 Å². The summed E-state index contributed by atoms with van der Waals surface area (Å²) in [5, 5.41) is 0. The predicted octanol–water partition coefficient (Wildman–Crippen LogP) is 2.93. The van der Waals surface area contributed by atoms with Crippen LogP contribution in [0.1, 0.15) is 32.8 Å². The molecule has 4 nitrogen and oxygen atoms in total. The molecule has 0 amide bonds. The number of rotatable bonds is 5. The van der Waals surface area contributed by atoms with Crippen LogP contribution >= 0.6 is 7.60 Å². The number of hydrogen-bond acceptors (Lipinski definition) is 2. The average molecular weight is 258 g/mol. The van der Waals surface area contributed by atoms with Crippen molar-refractivity contribution in [1.29, 1.82) is 0 Å². The summed E-state index contributed by atoms with van der Waals surface area (Å²) in [7, 11) is -3.99. The molecule has 0 heterocycles. The molecule has 0 saturated carbocycles. The highest BCUT2D eigenvalue weighted by Crippen LogP contribution is 2.39. The fourth-order valence-electron chi connectivity index (χ4n) is 1.29. The first-order chi connectivity index (χ1) is 7.72. The maximum absolute atomic E-state index is 10.8. The van der Waals surface area contributed by atoms with Gasteiger partial charge in [0.2, 0.25) is 0 Å². The van der Waals surface area contributed by atoms with Crippen LogP contribution in [0.15, 0.2) is 24.3 Å². The van der Waals surface area contributed by atoms with Gasteiger partial charge in [-0.05, 0) is 38.0 Å². The van der Waals surface area contributed by atoms with Gasteiger partial charge in [0.15, 0.2) is 0 Å². The molecule has 0 saturated heterocycles. The van der Waals surface area contributed by atoms with Crippen molar-refractivity contribution in [2.45, 2.75) is 39.0 Å². The molecule has 0 radical (unpaired) electrons. The summed E-state index contributed by atoms with van der Waals surface area (Å²) in [5.74, 6) is 0.714. The number of hydrogen-bond donors (Lipinski definition) is 2. The zero-order chi connectivity index (χ0) is 13.1. The molecule has 0 aromatic heterocycles. The van der Waals surface area contributed by atoms with E-state index in [1.54, 1.807) is 24.3 Å². The molecule has 0 unspecified atom stereocenters. The Balaban J connectivity index is 2.72. The second-order valence-corrected chi connectivity index (χ2v) is 6.33. The molecule has 0 aliphatic carbocycles.